The Morgan fingerprint density at radius 1 is 1.33 bits per heavy atom. The number of hydrogen-bond acceptors (Lipinski definition) is 3. The zero-order valence-corrected chi connectivity index (χ0v) is 9.36. The van der Waals surface area contributed by atoms with Gasteiger partial charge in [-0.05, 0) is 49.4 Å². The summed E-state index contributed by atoms with van der Waals surface area (Å²) in [5.74, 6) is 1.48. The maximum atomic E-state index is 9.98. The van der Waals surface area contributed by atoms with Gasteiger partial charge in [0.15, 0.2) is 0 Å². The summed E-state index contributed by atoms with van der Waals surface area (Å²) in [6, 6.07) is 0.311. The Morgan fingerprint density at radius 3 is 2.67 bits per heavy atom. The van der Waals surface area contributed by atoms with Gasteiger partial charge in [-0.15, -0.1) is 0 Å². The van der Waals surface area contributed by atoms with Crippen molar-refractivity contribution in [2.45, 2.75) is 50.4 Å². The van der Waals surface area contributed by atoms with E-state index in [9.17, 15) is 5.11 Å². The Hall–Kier alpha value is -0.120. The van der Waals surface area contributed by atoms with Crippen LogP contribution in [0.25, 0.3) is 0 Å². The van der Waals surface area contributed by atoms with E-state index in [1.807, 2.05) is 0 Å². The fourth-order valence-corrected chi connectivity index (χ4v) is 4.57. The lowest BCUT2D eigenvalue weighted by molar-refractivity contribution is 0.00927. The Labute approximate surface area is 91.0 Å². The summed E-state index contributed by atoms with van der Waals surface area (Å²) in [5.41, 5.74) is 6.58. The zero-order chi connectivity index (χ0) is 10.6. The third-order valence-electron chi connectivity index (χ3n) is 5.36. The second-order valence-corrected chi connectivity index (χ2v) is 5.78. The van der Waals surface area contributed by atoms with Crippen LogP contribution in [0.1, 0.15) is 32.1 Å². The minimum absolute atomic E-state index is 0.0235. The highest BCUT2D eigenvalue weighted by atomic mass is 16.5. The highest BCUT2D eigenvalue weighted by Gasteiger charge is 2.61. The Bertz CT molecular complexity index is 266. The van der Waals surface area contributed by atoms with E-state index in [1.54, 1.807) is 7.11 Å². The number of aliphatic hydroxyl groups is 1. The van der Waals surface area contributed by atoms with Crippen LogP contribution in [0.5, 0.6) is 0 Å². The van der Waals surface area contributed by atoms with Crippen LogP contribution in [0.2, 0.25) is 0 Å². The van der Waals surface area contributed by atoms with E-state index >= 15 is 0 Å². The Balaban J connectivity index is 1.86. The molecule has 3 aliphatic rings. The quantitative estimate of drug-likeness (QED) is 0.677. The van der Waals surface area contributed by atoms with Crippen molar-refractivity contribution in [3.63, 3.8) is 0 Å². The van der Waals surface area contributed by atoms with Crippen LogP contribution in [0.15, 0.2) is 0 Å². The summed E-state index contributed by atoms with van der Waals surface area (Å²) in [6.07, 6.45) is 5.50. The third-order valence-corrected chi connectivity index (χ3v) is 5.36. The highest BCUT2D eigenvalue weighted by Crippen LogP contribution is 2.62. The lowest BCUT2D eigenvalue weighted by atomic mass is 9.69. The molecule has 1 spiro atoms. The van der Waals surface area contributed by atoms with E-state index in [1.165, 1.54) is 19.3 Å². The summed E-state index contributed by atoms with van der Waals surface area (Å²) in [7, 11) is 1.70. The zero-order valence-electron chi connectivity index (χ0n) is 9.36. The van der Waals surface area contributed by atoms with E-state index in [2.05, 4.69) is 0 Å². The fraction of sp³-hybridized carbons (Fsp3) is 1.00. The first-order valence-corrected chi connectivity index (χ1v) is 6.14. The van der Waals surface area contributed by atoms with Crippen LogP contribution < -0.4 is 5.73 Å². The van der Waals surface area contributed by atoms with Gasteiger partial charge in [-0.1, -0.05) is 0 Å². The second kappa shape index (κ2) is 3.19. The van der Waals surface area contributed by atoms with E-state index in [-0.39, 0.29) is 17.6 Å². The molecule has 3 aliphatic carbocycles. The smallest absolute Gasteiger partial charge is 0.0836 e. The topological polar surface area (TPSA) is 55.5 Å². The molecule has 3 nitrogen and oxygen atoms in total. The molecule has 6 atom stereocenters. The molecule has 3 N–H and O–H groups in total. The van der Waals surface area contributed by atoms with Crippen molar-refractivity contribution in [3.8, 4) is 0 Å². The molecule has 0 amide bonds. The molecule has 0 aromatic rings. The SMILES string of the molecule is COC1C[C@@]2(C[C@@H]1O)C1CCC(C1)[C@H]2N. The van der Waals surface area contributed by atoms with E-state index < -0.39 is 0 Å². The number of hydrogen-bond donors (Lipinski definition) is 2. The molecule has 0 aromatic heterocycles. The van der Waals surface area contributed by atoms with Crippen molar-refractivity contribution in [1.82, 2.24) is 0 Å². The molecule has 3 saturated carbocycles. The first-order chi connectivity index (χ1) is 7.17. The molecule has 0 aromatic carbocycles. The molecule has 3 fully saturated rings. The van der Waals surface area contributed by atoms with Gasteiger partial charge in [0.05, 0.1) is 12.2 Å². The van der Waals surface area contributed by atoms with Crippen molar-refractivity contribution in [2.75, 3.05) is 7.11 Å². The van der Waals surface area contributed by atoms with Crippen LogP contribution >= 0.6 is 0 Å². The third kappa shape index (κ3) is 1.17. The molecule has 3 heteroatoms. The molecule has 2 bridgehead atoms. The molecule has 0 heterocycles. The normalized spacial score (nSPS) is 58.2. The average Bonchev–Trinajstić information content (AvgIpc) is 2.85. The van der Waals surface area contributed by atoms with Gasteiger partial charge >= 0.3 is 0 Å². The first-order valence-electron chi connectivity index (χ1n) is 6.14. The van der Waals surface area contributed by atoms with E-state index in [0.717, 1.165) is 24.7 Å². The molecular weight excluding hydrogens is 190 g/mol. The molecule has 0 aliphatic heterocycles. The van der Waals surface area contributed by atoms with E-state index in [4.69, 9.17) is 10.5 Å². The standard InChI is InChI=1S/C12H21NO2/c1-15-10-6-12(5-9(10)14)8-3-2-7(4-8)11(12)13/h7-11,14H,2-6,13H2,1H3/t7?,8?,9-,10?,11+,12-/m0/s1. The highest BCUT2D eigenvalue weighted by molar-refractivity contribution is 5.13. The predicted octanol–water partition coefficient (Wildman–Crippen LogP) is 0.900. The maximum Gasteiger partial charge on any atom is 0.0836 e. The van der Waals surface area contributed by atoms with Gasteiger partial charge in [-0.2, -0.15) is 0 Å². The average molecular weight is 211 g/mol. The van der Waals surface area contributed by atoms with Gasteiger partial charge in [0.25, 0.3) is 0 Å². The second-order valence-electron chi connectivity index (χ2n) is 5.78. The lowest BCUT2D eigenvalue weighted by Gasteiger charge is -2.39. The van der Waals surface area contributed by atoms with Gasteiger partial charge in [-0.3, -0.25) is 0 Å². The van der Waals surface area contributed by atoms with Gasteiger partial charge in [0, 0.05) is 13.2 Å². The molecule has 0 radical (unpaired) electrons. The van der Waals surface area contributed by atoms with Crippen LogP contribution in [-0.2, 0) is 4.74 Å². The summed E-state index contributed by atoms with van der Waals surface area (Å²) < 4.78 is 5.36. The Morgan fingerprint density at radius 2 is 2.13 bits per heavy atom. The lowest BCUT2D eigenvalue weighted by Crippen LogP contribution is -2.45. The molecule has 0 saturated heterocycles. The molecular formula is C12H21NO2. The number of ether oxygens (including phenoxy) is 1. The number of aliphatic hydroxyl groups excluding tert-OH is 1. The predicted molar refractivity (Wildman–Crippen MR) is 57.3 cm³/mol. The van der Waals surface area contributed by atoms with Gasteiger partial charge < -0.3 is 15.6 Å². The van der Waals surface area contributed by atoms with Crippen molar-refractivity contribution >= 4 is 0 Å². The maximum absolute atomic E-state index is 9.98. The van der Waals surface area contributed by atoms with Crippen LogP contribution in [0.3, 0.4) is 0 Å². The molecule has 3 rings (SSSR count). The van der Waals surface area contributed by atoms with Gasteiger partial charge in [0.1, 0.15) is 0 Å². The minimum Gasteiger partial charge on any atom is -0.390 e. The van der Waals surface area contributed by atoms with Gasteiger partial charge in [-0.25, -0.2) is 0 Å². The number of rotatable bonds is 1. The summed E-state index contributed by atoms with van der Waals surface area (Å²) in [5, 5.41) is 9.98. The number of fused-ring (bicyclic) bond motifs is 3. The fourth-order valence-electron chi connectivity index (χ4n) is 4.57. The van der Waals surface area contributed by atoms with Crippen LogP contribution in [0.4, 0.5) is 0 Å². The number of nitrogens with two attached hydrogens (primary N) is 1. The summed E-state index contributed by atoms with van der Waals surface area (Å²) in [6.45, 7) is 0. The van der Waals surface area contributed by atoms with Crippen molar-refractivity contribution < 1.29 is 9.84 Å². The monoisotopic (exact) mass is 211 g/mol. The van der Waals surface area contributed by atoms with Crippen molar-refractivity contribution in [2.24, 2.45) is 23.0 Å². The Kier molecular flexibility index (Phi) is 2.14. The first kappa shape index (κ1) is 10.1. The largest absolute Gasteiger partial charge is 0.390 e. The van der Waals surface area contributed by atoms with Crippen molar-refractivity contribution in [1.29, 1.82) is 0 Å². The van der Waals surface area contributed by atoms with Crippen LogP contribution in [-0.4, -0.2) is 30.5 Å². The summed E-state index contributed by atoms with van der Waals surface area (Å²) in [4.78, 5) is 0. The van der Waals surface area contributed by atoms with Crippen molar-refractivity contribution in [3.05, 3.63) is 0 Å². The molecule has 86 valence electrons. The van der Waals surface area contributed by atoms with Crippen LogP contribution in [0, 0.1) is 17.3 Å². The summed E-state index contributed by atoms with van der Waals surface area (Å²) >= 11 is 0. The number of methoxy groups -OCH3 is 1. The molecule has 3 unspecified atom stereocenters. The minimum atomic E-state index is -0.291. The van der Waals surface area contributed by atoms with E-state index in [0.29, 0.717) is 6.04 Å². The molecule has 15 heavy (non-hydrogen) atoms. The van der Waals surface area contributed by atoms with Gasteiger partial charge in [0.2, 0.25) is 0 Å².